The Morgan fingerprint density at radius 1 is 0.957 bits per heavy atom. The van der Waals surface area contributed by atoms with Gasteiger partial charge in [0.05, 0.1) is 18.7 Å². The molecule has 1 fully saturated rings. The molecule has 14 nitrogen and oxygen atoms in total. The average molecular weight is 635 g/mol. The average Bonchev–Trinajstić information content (AvgIpc) is 3.82. The molecule has 3 amide bonds. The topological polar surface area (TPSA) is 195 Å². The number of aliphatic hydroxyl groups excluding tert-OH is 1. The van der Waals surface area contributed by atoms with Crippen LogP contribution in [0.3, 0.4) is 0 Å². The van der Waals surface area contributed by atoms with Crippen LogP contribution < -0.4 is 16.1 Å². The van der Waals surface area contributed by atoms with Crippen LogP contribution in [0.4, 0.5) is 5.69 Å². The van der Waals surface area contributed by atoms with Crippen molar-refractivity contribution in [2.45, 2.75) is 24.6 Å². The molecule has 1 unspecified atom stereocenters. The van der Waals surface area contributed by atoms with Crippen molar-refractivity contribution in [3.8, 4) is 11.4 Å². The van der Waals surface area contributed by atoms with Gasteiger partial charge in [-0.15, -0.1) is 10.2 Å². The van der Waals surface area contributed by atoms with E-state index in [1.165, 1.54) is 4.90 Å². The molecule has 0 radical (unpaired) electrons. The first-order chi connectivity index (χ1) is 22.9. The summed E-state index contributed by atoms with van der Waals surface area (Å²) in [4.78, 5) is 57.3. The number of aromatic nitrogens is 5. The molecule has 3 atom stereocenters. The smallest absolute Gasteiger partial charge is 0.272 e. The van der Waals surface area contributed by atoms with Crippen molar-refractivity contribution in [1.82, 2.24) is 35.8 Å². The van der Waals surface area contributed by atoms with Gasteiger partial charge in [-0.3, -0.25) is 19.2 Å². The minimum absolute atomic E-state index is 0.00924. The van der Waals surface area contributed by atoms with E-state index in [4.69, 9.17) is 4.74 Å². The second kappa shape index (κ2) is 14.0. The Kier molecular flexibility index (Phi) is 9.22. The number of aromatic amines is 2. The lowest BCUT2D eigenvalue weighted by Gasteiger charge is -2.24. The SMILES string of the molecule is O=C(N[C@@H](Cc1ccccc1)[C@H](O)C(=O)Nc1cccc(-c2nn[nH]n2)c1)c1cc(=O)cc(C(=O)N2COCC2c2ccccc2)[nH]1. The van der Waals surface area contributed by atoms with Crippen molar-refractivity contribution in [2.75, 3.05) is 18.7 Å². The maximum Gasteiger partial charge on any atom is 0.272 e. The molecule has 14 heteroatoms. The number of aliphatic hydroxyl groups is 1. The van der Waals surface area contributed by atoms with Gasteiger partial charge in [0.2, 0.25) is 5.82 Å². The van der Waals surface area contributed by atoms with Crippen LogP contribution in [0.2, 0.25) is 0 Å². The number of anilines is 1. The van der Waals surface area contributed by atoms with Crippen molar-refractivity contribution in [3.63, 3.8) is 0 Å². The molecule has 5 N–H and O–H groups in total. The molecule has 3 heterocycles. The van der Waals surface area contributed by atoms with E-state index in [0.717, 1.165) is 23.3 Å². The number of amides is 3. The van der Waals surface area contributed by atoms with Crippen molar-refractivity contribution < 1.29 is 24.2 Å². The zero-order valence-electron chi connectivity index (χ0n) is 24.9. The van der Waals surface area contributed by atoms with Crippen molar-refractivity contribution in [2.24, 2.45) is 0 Å². The fourth-order valence-electron chi connectivity index (χ4n) is 5.30. The first-order valence-electron chi connectivity index (χ1n) is 14.7. The highest BCUT2D eigenvalue weighted by molar-refractivity contribution is 5.98. The first-order valence-corrected chi connectivity index (χ1v) is 14.7. The summed E-state index contributed by atoms with van der Waals surface area (Å²) in [6, 6.07) is 25.7. The van der Waals surface area contributed by atoms with Crippen molar-refractivity contribution >= 4 is 23.4 Å². The van der Waals surface area contributed by atoms with E-state index in [2.05, 4.69) is 36.2 Å². The highest BCUT2D eigenvalue weighted by atomic mass is 16.5. The second-order valence-electron chi connectivity index (χ2n) is 10.9. The molecule has 0 aliphatic carbocycles. The summed E-state index contributed by atoms with van der Waals surface area (Å²) in [5, 5.41) is 30.3. The Morgan fingerprint density at radius 3 is 2.45 bits per heavy atom. The van der Waals surface area contributed by atoms with Crippen LogP contribution in [-0.2, 0) is 16.0 Å². The van der Waals surface area contributed by atoms with E-state index in [1.54, 1.807) is 48.5 Å². The Bertz CT molecular complexity index is 1920. The van der Waals surface area contributed by atoms with Crippen LogP contribution in [0.15, 0.2) is 102 Å². The van der Waals surface area contributed by atoms with E-state index >= 15 is 0 Å². The van der Waals surface area contributed by atoms with E-state index in [1.807, 2.05) is 36.4 Å². The molecule has 2 aromatic heterocycles. The first kappa shape index (κ1) is 31.0. The molecule has 0 saturated carbocycles. The molecular weight excluding hydrogens is 604 g/mol. The molecule has 5 aromatic rings. The van der Waals surface area contributed by atoms with Gasteiger partial charge in [0.15, 0.2) is 11.5 Å². The number of rotatable bonds is 10. The number of carbonyl (C=O) groups is 3. The third kappa shape index (κ3) is 7.30. The van der Waals surface area contributed by atoms with Crippen LogP contribution in [0.25, 0.3) is 11.4 Å². The summed E-state index contributed by atoms with van der Waals surface area (Å²) in [6.45, 7) is 0.290. The molecule has 47 heavy (non-hydrogen) atoms. The Labute approximate surface area is 267 Å². The molecule has 238 valence electrons. The van der Waals surface area contributed by atoms with Gasteiger partial charge >= 0.3 is 0 Å². The van der Waals surface area contributed by atoms with Crippen LogP contribution in [0.1, 0.15) is 38.1 Å². The van der Waals surface area contributed by atoms with E-state index in [0.29, 0.717) is 17.1 Å². The van der Waals surface area contributed by atoms with Gasteiger partial charge in [0.25, 0.3) is 17.7 Å². The monoisotopic (exact) mass is 634 g/mol. The van der Waals surface area contributed by atoms with Crippen molar-refractivity contribution in [3.05, 3.63) is 130 Å². The Morgan fingerprint density at radius 2 is 1.70 bits per heavy atom. The third-order valence-corrected chi connectivity index (χ3v) is 7.64. The lowest BCUT2D eigenvalue weighted by atomic mass is 10.00. The molecule has 0 bridgehead atoms. The summed E-state index contributed by atoms with van der Waals surface area (Å²) in [5.74, 6) is -1.78. The minimum Gasteiger partial charge on any atom is -0.381 e. The second-order valence-corrected chi connectivity index (χ2v) is 10.9. The normalized spacial score (nSPS) is 15.5. The number of carbonyl (C=O) groups excluding carboxylic acids is 3. The summed E-state index contributed by atoms with van der Waals surface area (Å²) >= 11 is 0. The molecule has 0 spiro atoms. The van der Waals surface area contributed by atoms with E-state index in [-0.39, 0.29) is 37.2 Å². The lowest BCUT2D eigenvalue weighted by Crippen LogP contribution is -2.50. The van der Waals surface area contributed by atoms with Crippen LogP contribution in [-0.4, -0.2) is 78.8 Å². The predicted octanol–water partition coefficient (Wildman–Crippen LogP) is 2.07. The number of H-pyrrole nitrogens is 2. The maximum absolute atomic E-state index is 13.5. The summed E-state index contributed by atoms with van der Waals surface area (Å²) in [5.41, 5.74) is 1.65. The number of tetrazole rings is 1. The molecular formula is C33H30N8O6. The fraction of sp³-hybridized carbons (Fsp3) is 0.182. The van der Waals surface area contributed by atoms with Crippen molar-refractivity contribution in [1.29, 1.82) is 0 Å². The zero-order valence-corrected chi connectivity index (χ0v) is 24.9. The van der Waals surface area contributed by atoms with Gasteiger partial charge in [-0.1, -0.05) is 72.8 Å². The van der Waals surface area contributed by atoms with E-state index < -0.39 is 35.3 Å². The lowest BCUT2D eigenvalue weighted by molar-refractivity contribution is -0.125. The number of nitrogens with one attached hydrogen (secondary N) is 4. The van der Waals surface area contributed by atoms with E-state index in [9.17, 15) is 24.3 Å². The summed E-state index contributed by atoms with van der Waals surface area (Å²) < 4.78 is 5.56. The fourth-order valence-corrected chi connectivity index (χ4v) is 5.30. The summed E-state index contributed by atoms with van der Waals surface area (Å²) in [7, 11) is 0. The third-order valence-electron chi connectivity index (χ3n) is 7.64. The number of ether oxygens (including phenoxy) is 1. The van der Waals surface area contributed by atoms with Gasteiger partial charge in [0, 0.05) is 23.4 Å². The van der Waals surface area contributed by atoms with Gasteiger partial charge in [-0.05, 0) is 34.9 Å². The number of hydrogen-bond acceptors (Lipinski definition) is 9. The van der Waals surface area contributed by atoms with Gasteiger partial charge in [-0.2, -0.15) is 5.21 Å². The molecule has 1 saturated heterocycles. The van der Waals surface area contributed by atoms with Gasteiger partial charge < -0.3 is 30.4 Å². The number of nitrogens with zero attached hydrogens (tertiary/aromatic N) is 4. The highest BCUT2D eigenvalue weighted by Gasteiger charge is 2.33. The van der Waals surface area contributed by atoms with Crippen LogP contribution >= 0.6 is 0 Å². The largest absolute Gasteiger partial charge is 0.381 e. The molecule has 3 aromatic carbocycles. The zero-order chi connectivity index (χ0) is 32.8. The maximum atomic E-state index is 13.5. The summed E-state index contributed by atoms with van der Waals surface area (Å²) in [6.07, 6.45) is -1.63. The molecule has 1 aliphatic heterocycles. The number of hydrogen-bond donors (Lipinski definition) is 5. The quantitative estimate of drug-likeness (QED) is 0.153. The molecule has 1 aliphatic rings. The minimum atomic E-state index is -1.71. The van der Waals surface area contributed by atoms with Gasteiger partial charge in [-0.25, -0.2) is 0 Å². The Balaban J connectivity index is 1.21. The predicted molar refractivity (Wildman–Crippen MR) is 169 cm³/mol. The number of pyridine rings is 1. The standard InChI is InChI=1S/C33H30N8O6/c42-24-16-26(35-27(17-24)33(46)41-19-47-18-28(41)21-10-5-2-6-11-21)31(44)36-25(14-20-8-3-1-4-9-20)29(43)32(45)34-23-13-7-12-22(15-23)30-37-39-40-38-30/h1-13,15-17,25,28-29,43H,14,18-19H2,(H,34,45)(H,35,42)(H,36,44)(H,37,38,39,40)/t25-,28?,29-/m0/s1. The highest BCUT2D eigenvalue weighted by Crippen LogP contribution is 2.27. The van der Waals surface area contributed by atoms with Crippen LogP contribution in [0, 0.1) is 0 Å². The van der Waals surface area contributed by atoms with Gasteiger partial charge in [0.1, 0.15) is 18.1 Å². The Hall–Kier alpha value is -5.99. The van der Waals surface area contributed by atoms with Crippen LogP contribution in [0.5, 0.6) is 0 Å². The molecule has 6 rings (SSSR count). The number of benzene rings is 3.